The summed E-state index contributed by atoms with van der Waals surface area (Å²) < 4.78 is 0. The van der Waals surface area contributed by atoms with E-state index in [-0.39, 0.29) is 23.9 Å². The molecular formula is C23H29N5O3. The zero-order valence-corrected chi connectivity index (χ0v) is 17.9. The lowest BCUT2D eigenvalue weighted by Gasteiger charge is -2.32. The molecule has 8 heteroatoms. The summed E-state index contributed by atoms with van der Waals surface area (Å²) in [4.78, 5) is 38.5. The quantitative estimate of drug-likeness (QED) is 0.584. The van der Waals surface area contributed by atoms with Crippen LogP contribution in [0.1, 0.15) is 25.3 Å². The summed E-state index contributed by atoms with van der Waals surface area (Å²) in [6.45, 7) is 5.49. The highest BCUT2D eigenvalue weighted by Gasteiger charge is 2.28. The molecule has 3 rings (SSSR count). The van der Waals surface area contributed by atoms with E-state index in [4.69, 9.17) is 0 Å². The van der Waals surface area contributed by atoms with E-state index < -0.39 is 0 Å². The van der Waals surface area contributed by atoms with Crippen molar-refractivity contribution >= 4 is 35.0 Å². The first-order chi connectivity index (χ1) is 14.9. The van der Waals surface area contributed by atoms with Gasteiger partial charge in [0.1, 0.15) is 0 Å². The van der Waals surface area contributed by atoms with Crippen LogP contribution in [0, 0.1) is 12.8 Å². The van der Waals surface area contributed by atoms with E-state index in [1.165, 1.54) is 0 Å². The fraction of sp³-hybridized carbons (Fsp3) is 0.348. The number of piperidine rings is 1. The van der Waals surface area contributed by atoms with Crippen LogP contribution in [-0.2, 0) is 4.79 Å². The van der Waals surface area contributed by atoms with Gasteiger partial charge in [-0.3, -0.25) is 4.79 Å². The number of urea groups is 2. The van der Waals surface area contributed by atoms with E-state index in [2.05, 4.69) is 21.3 Å². The summed E-state index contributed by atoms with van der Waals surface area (Å²) in [5.41, 5.74) is 3.05. The first kappa shape index (κ1) is 22.1. The second-order valence-electron chi connectivity index (χ2n) is 7.63. The van der Waals surface area contributed by atoms with Crippen molar-refractivity contribution in [1.82, 2.24) is 10.2 Å². The van der Waals surface area contributed by atoms with Crippen LogP contribution in [0.4, 0.5) is 26.7 Å². The molecule has 31 heavy (non-hydrogen) atoms. The summed E-state index contributed by atoms with van der Waals surface area (Å²) in [6, 6.07) is 13.8. The molecule has 1 heterocycles. The molecule has 1 unspecified atom stereocenters. The van der Waals surface area contributed by atoms with Crippen LogP contribution in [0.3, 0.4) is 0 Å². The molecule has 8 nitrogen and oxygen atoms in total. The second kappa shape index (κ2) is 10.5. The molecule has 0 saturated carbocycles. The Balaban J connectivity index is 1.50. The van der Waals surface area contributed by atoms with Crippen molar-refractivity contribution in [2.45, 2.75) is 26.7 Å². The Morgan fingerprint density at radius 1 is 0.903 bits per heavy atom. The van der Waals surface area contributed by atoms with Gasteiger partial charge in [-0.25, -0.2) is 9.59 Å². The van der Waals surface area contributed by atoms with Crippen molar-refractivity contribution in [2.75, 3.05) is 35.6 Å². The molecule has 1 fully saturated rings. The van der Waals surface area contributed by atoms with Gasteiger partial charge < -0.3 is 26.2 Å². The average Bonchev–Trinajstić information content (AvgIpc) is 2.77. The van der Waals surface area contributed by atoms with Crippen LogP contribution in [0.5, 0.6) is 0 Å². The molecule has 1 aliphatic heterocycles. The molecule has 2 aromatic rings. The molecule has 0 aliphatic carbocycles. The van der Waals surface area contributed by atoms with E-state index in [9.17, 15) is 14.4 Å². The number of aryl methyl sites for hydroxylation is 1. The lowest BCUT2D eigenvalue weighted by molar-refractivity contribution is -0.126. The van der Waals surface area contributed by atoms with E-state index in [0.717, 1.165) is 18.4 Å². The Kier molecular flexibility index (Phi) is 7.48. The molecule has 0 aromatic heterocycles. The molecule has 0 spiro atoms. The largest absolute Gasteiger partial charge is 0.356 e. The molecule has 0 bridgehead atoms. The lowest BCUT2D eigenvalue weighted by atomic mass is 9.97. The number of nitrogens with zero attached hydrogens (tertiary/aromatic N) is 1. The fourth-order valence-electron chi connectivity index (χ4n) is 3.46. The van der Waals surface area contributed by atoms with Crippen LogP contribution in [0.15, 0.2) is 48.5 Å². The van der Waals surface area contributed by atoms with E-state index in [1.807, 2.05) is 38.1 Å². The fourth-order valence-corrected chi connectivity index (χ4v) is 3.46. The number of hydrogen-bond donors (Lipinski definition) is 4. The highest BCUT2D eigenvalue weighted by atomic mass is 16.2. The molecule has 164 valence electrons. The molecular weight excluding hydrogens is 394 g/mol. The predicted octanol–water partition coefficient (Wildman–Crippen LogP) is 4.02. The Labute approximate surface area is 182 Å². The first-order valence-electron chi connectivity index (χ1n) is 10.5. The Bertz CT molecular complexity index is 912. The van der Waals surface area contributed by atoms with Gasteiger partial charge in [0.05, 0.1) is 5.92 Å². The number of amides is 5. The molecule has 1 atom stereocenters. The van der Waals surface area contributed by atoms with Crippen molar-refractivity contribution in [3.8, 4) is 0 Å². The molecule has 5 amide bonds. The molecule has 4 N–H and O–H groups in total. The highest BCUT2D eigenvalue weighted by molar-refractivity contribution is 6.00. The Morgan fingerprint density at radius 3 is 2.03 bits per heavy atom. The molecule has 1 aliphatic rings. The van der Waals surface area contributed by atoms with E-state index in [1.54, 1.807) is 29.2 Å². The number of hydrogen-bond acceptors (Lipinski definition) is 3. The van der Waals surface area contributed by atoms with Crippen LogP contribution in [0.2, 0.25) is 0 Å². The third kappa shape index (κ3) is 6.47. The van der Waals surface area contributed by atoms with Gasteiger partial charge in [-0.05, 0) is 63.1 Å². The number of carbonyl (C=O) groups is 3. The maximum absolute atomic E-state index is 12.6. The number of anilines is 3. The van der Waals surface area contributed by atoms with Crippen molar-refractivity contribution < 1.29 is 14.4 Å². The van der Waals surface area contributed by atoms with Crippen LogP contribution < -0.4 is 21.3 Å². The van der Waals surface area contributed by atoms with Crippen LogP contribution in [-0.4, -0.2) is 42.5 Å². The SMILES string of the molecule is CCNC(=O)C1CCCN(C(=O)Nc2ccc(NC(=O)Nc3ccc(C)cc3)cc2)C1. The van der Waals surface area contributed by atoms with Gasteiger partial charge in [0.15, 0.2) is 0 Å². The van der Waals surface area contributed by atoms with E-state index >= 15 is 0 Å². The van der Waals surface area contributed by atoms with Gasteiger partial charge in [0.2, 0.25) is 5.91 Å². The zero-order valence-electron chi connectivity index (χ0n) is 17.9. The second-order valence-corrected chi connectivity index (χ2v) is 7.63. The van der Waals surface area contributed by atoms with Crippen molar-refractivity contribution in [3.63, 3.8) is 0 Å². The minimum Gasteiger partial charge on any atom is -0.356 e. The minimum absolute atomic E-state index is 0.000610. The highest BCUT2D eigenvalue weighted by Crippen LogP contribution is 2.19. The Morgan fingerprint density at radius 2 is 1.45 bits per heavy atom. The Hall–Kier alpha value is -3.55. The molecule has 1 saturated heterocycles. The average molecular weight is 424 g/mol. The summed E-state index contributed by atoms with van der Waals surface area (Å²) in [6.07, 6.45) is 1.59. The van der Waals surface area contributed by atoms with Gasteiger partial charge in [-0.2, -0.15) is 0 Å². The number of benzene rings is 2. The summed E-state index contributed by atoms with van der Waals surface area (Å²) >= 11 is 0. The molecule has 2 aromatic carbocycles. The van der Waals surface area contributed by atoms with Crippen molar-refractivity contribution in [3.05, 3.63) is 54.1 Å². The van der Waals surface area contributed by atoms with Gasteiger partial charge in [0.25, 0.3) is 0 Å². The third-order valence-electron chi connectivity index (χ3n) is 5.13. The first-order valence-corrected chi connectivity index (χ1v) is 10.5. The standard InChI is InChI=1S/C23H29N5O3/c1-3-24-21(29)17-5-4-14-28(15-17)23(31)27-20-12-10-19(11-13-20)26-22(30)25-18-8-6-16(2)7-9-18/h6-13,17H,3-5,14-15H2,1-2H3,(H,24,29)(H,27,31)(H2,25,26,30). The summed E-state index contributed by atoms with van der Waals surface area (Å²) in [7, 11) is 0. The lowest BCUT2D eigenvalue weighted by Crippen LogP contribution is -2.46. The third-order valence-corrected chi connectivity index (χ3v) is 5.13. The van der Waals surface area contributed by atoms with Crippen LogP contribution >= 0.6 is 0 Å². The maximum Gasteiger partial charge on any atom is 0.323 e. The minimum atomic E-state index is -0.342. The zero-order chi connectivity index (χ0) is 22.2. The number of nitrogens with one attached hydrogen (secondary N) is 4. The maximum atomic E-state index is 12.6. The van der Waals surface area contributed by atoms with Gasteiger partial charge in [0, 0.05) is 36.7 Å². The predicted molar refractivity (Wildman–Crippen MR) is 122 cm³/mol. The van der Waals surface area contributed by atoms with Gasteiger partial charge in [-0.1, -0.05) is 17.7 Å². The topological polar surface area (TPSA) is 103 Å². The summed E-state index contributed by atoms with van der Waals surface area (Å²) in [5, 5.41) is 11.2. The van der Waals surface area contributed by atoms with Crippen LogP contribution in [0.25, 0.3) is 0 Å². The van der Waals surface area contributed by atoms with Crippen molar-refractivity contribution in [1.29, 1.82) is 0 Å². The van der Waals surface area contributed by atoms with Gasteiger partial charge in [-0.15, -0.1) is 0 Å². The number of likely N-dealkylation sites (tertiary alicyclic amines) is 1. The van der Waals surface area contributed by atoms with Crippen molar-refractivity contribution in [2.24, 2.45) is 5.92 Å². The normalized spacial score (nSPS) is 15.7. The summed E-state index contributed by atoms with van der Waals surface area (Å²) in [5.74, 6) is -0.169. The number of rotatable bonds is 5. The van der Waals surface area contributed by atoms with E-state index in [0.29, 0.717) is 36.7 Å². The monoisotopic (exact) mass is 423 g/mol. The smallest absolute Gasteiger partial charge is 0.323 e. The van der Waals surface area contributed by atoms with Gasteiger partial charge >= 0.3 is 12.1 Å². The number of carbonyl (C=O) groups excluding carboxylic acids is 3. The molecule has 0 radical (unpaired) electrons.